The number of aliphatic hydroxyl groups excluding tert-OH is 1. The van der Waals surface area contributed by atoms with Crippen molar-refractivity contribution in [3.8, 4) is 0 Å². The number of nitrogens with zero attached hydrogens (tertiary/aromatic N) is 2. The molecule has 2 heterocycles. The van der Waals surface area contributed by atoms with Crippen LogP contribution >= 0.6 is 22.6 Å². The van der Waals surface area contributed by atoms with Crippen molar-refractivity contribution in [2.24, 2.45) is 0 Å². The van der Waals surface area contributed by atoms with Gasteiger partial charge in [0, 0.05) is 18.9 Å². The number of rotatable bonds is 4. The highest BCUT2D eigenvalue weighted by Crippen LogP contribution is 2.06. The molecular weight excluding hydrogens is 442 g/mol. The normalized spacial score (nSPS) is 20.8. The Hall–Kier alpha value is 1.34. The highest BCUT2D eigenvalue weighted by atomic mass is 127. The van der Waals surface area contributed by atoms with Crippen molar-refractivity contribution in [3.05, 3.63) is 0 Å². The summed E-state index contributed by atoms with van der Waals surface area (Å²) in [6.45, 7) is 7.59. The minimum Gasteiger partial charge on any atom is -1.00 e. The van der Waals surface area contributed by atoms with Crippen molar-refractivity contribution in [1.82, 2.24) is 9.80 Å². The smallest absolute Gasteiger partial charge is 0.0558 e. The van der Waals surface area contributed by atoms with Crippen LogP contribution in [0, 0.1) is 0 Å². The summed E-state index contributed by atoms with van der Waals surface area (Å²) in [5.74, 6) is 0. The molecule has 0 aliphatic carbocycles. The number of halogens is 2. The molecule has 3 nitrogen and oxygen atoms in total. The second-order valence-electron chi connectivity index (χ2n) is 4.51. The minimum absolute atomic E-state index is 0. The first-order valence-electron chi connectivity index (χ1n) is 6.48. The van der Waals surface area contributed by atoms with Gasteiger partial charge in [0.15, 0.2) is 0 Å². The van der Waals surface area contributed by atoms with E-state index in [0.717, 1.165) is 6.54 Å². The molecule has 0 amide bonds. The Kier molecular flexibility index (Phi) is 13.4. The molecule has 0 spiro atoms. The van der Waals surface area contributed by atoms with E-state index >= 15 is 0 Å². The lowest BCUT2D eigenvalue weighted by Crippen LogP contribution is -3.00. The first-order chi connectivity index (χ1) is 7.86. The van der Waals surface area contributed by atoms with Gasteiger partial charge in [0.1, 0.15) is 0 Å². The first-order valence-corrected chi connectivity index (χ1v) is 8.01. The average Bonchev–Trinajstić information content (AvgIpc) is 2.92. The van der Waals surface area contributed by atoms with E-state index in [9.17, 15) is 0 Å². The van der Waals surface area contributed by atoms with Crippen LogP contribution in [-0.2, 0) is 0 Å². The summed E-state index contributed by atoms with van der Waals surface area (Å²) in [6, 6.07) is 0. The lowest BCUT2D eigenvalue weighted by molar-refractivity contribution is -0.00000445. The SMILES string of the molecule is ICCN1CCCC1.OCCN1CCCC1.[HH].[I-]. The summed E-state index contributed by atoms with van der Waals surface area (Å²) < 4.78 is 1.29. The van der Waals surface area contributed by atoms with Crippen molar-refractivity contribution in [3.63, 3.8) is 0 Å². The lowest BCUT2D eigenvalue weighted by Gasteiger charge is -2.10. The number of alkyl halides is 1. The first kappa shape index (κ1) is 18.3. The average molecular weight is 469 g/mol. The van der Waals surface area contributed by atoms with Crippen LogP contribution in [0.2, 0.25) is 0 Å². The summed E-state index contributed by atoms with van der Waals surface area (Å²) in [5, 5.41) is 8.48. The molecule has 2 saturated heterocycles. The molecule has 2 aliphatic rings. The zero-order chi connectivity index (χ0) is 11.6. The van der Waals surface area contributed by atoms with E-state index in [1.807, 2.05) is 0 Å². The number of β-amino-alcohol motifs (C(OH)–C–C–N with tert-alkyl or cyclic N) is 1. The lowest BCUT2D eigenvalue weighted by atomic mass is 10.4. The standard InChI is InChI=1S/C6H12IN.C6H13NO.HI.H2/c7-3-6-8-4-1-2-5-8;8-6-5-7-3-1-2-4-7;;/h1-6H2;8H,1-6H2;2*1H/p-1. The largest absolute Gasteiger partial charge is 1.00 e. The minimum atomic E-state index is 0. The molecule has 17 heavy (non-hydrogen) atoms. The van der Waals surface area contributed by atoms with Crippen molar-refractivity contribution in [1.29, 1.82) is 0 Å². The van der Waals surface area contributed by atoms with Gasteiger partial charge in [-0.25, -0.2) is 0 Å². The third-order valence-electron chi connectivity index (χ3n) is 3.21. The van der Waals surface area contributed by atoms with Crippen LogP contribution in [0.1, 0.15) is 27.1 Å². The number of hydrogen-bond donors (Lipinski definition) is 1. The maximum atomic E-state index is 8.48. The molecule has 2 fully saturated rings. The van der Waals surface area contributed by atoms with E-state index in [1.54, 1.807) is 0 Å². The molecule has 0 atom stereocenters. The van der Waals surface area contributed by atoms with Gasteiger partial charge in [-0.15, -0.1) is 0 Å². The molecule has 0 aromatic heterocycles. The van der Waals surface area contributed by atoms with E-state index in [1.165, 1.54) is 62.8 Å². The Morgan fingerprint density at radius 2 is 1.29 bits per heavy atom. The molecule has 5 heteroatoms. The van der Waals surface area contributed by atoms with Crippen molar-refractivity contribution >= 4 is 22.6 Å². The Labute approximate surface area is 138 Å². The molecule has 2 aliphatic heterocycles. The van der Waals surface area contributed by atoms with E-state index < -0.39 is 0 Å². The molecule has 1 N–H and O–H groups in total. The van der Waals surface area contributed by atoms with Crippen LogP contribution < -0.4 is 24.0 Å². The summed E-state index contributed by atoms with van der Waals surface area (Å²) in [4.78, 5) is 4.83. The summed E-state index contributed by atoms with van der Waals surface area (Å²) in [6.07, 6.45) is 5.49. The van der Waals surface area contributed by atoms with Gasteiger partial charge in [0.05, 0.1) is 6.61 Å². The molecule has 0 bridgehead atoms. The van der Waals surface area contributed by atoms with E-state index in [4.69, 9.17) is 5.11 Å². The van der Waals surface area contributed by atoms with Gasteiger partial charge in [0.25, 0.3) is 0 Å². The van der Waals surface area contributed by atoms with Crippen molar-refractivity contribution < 1.29 is 30.5 Å². The molecule has 0 aromatic carbocycles. The van der Waals surface area contributed by atoms with E-state index in [2.05, 4.69) is 32.4 Å². The second kappa shape index (κ2) is 12.4. The zero-order valence-electron chi connectivity index (χ0n) is 10.6. The monoisotopic (exact) mass is 469 g/mol. The van der Waals surface area contributed by atoms with Crippen LogP contribution in [0.5, 0.6) is 0 Å². The fourth-order valence-corrected chi connectivity index (χ4v) is 2.96. The molecule has 2 rings (SSSR count). The second-order valence-corrected chi connectivity index (χ2v) is 5.59. The summed E-state index contributed by atoms with van der Waals surface area (Å²) in [5.41, 5.74) is 0. The molecule has 0 unspecified atom stereocenters. The van der Waals surface area contributed by atoms with Crippen LogP contribution in [-0.4, -0.2) is 65.2 Å². The molecule has 0 radical (unpaired) electrons. The van der Waals surface area contributed by atoms with Crippen LogP contribution in [0.3, 0.4) is 0 Å². The van der Waals surface area contributed by atoms with Crippen LogP contribution in [0.25, 0.3) is 0 Å². The highest BCUT2D eigenvalue weighted by Gasteiger charge is 2.09. The maximum Gasteiger partial charge on any atom is 0.0558 e. The van der Waals surface area contributed by atoms with Gasteiger partial charge in [-0.05, 0) is 51.9 Å². The molecule has 0 saturated carbocycles. The highest BCUT2D eigenvalue weighted by molar-refractivity contribution is 14.1. The van der Waals surface area contributed by atoms with Gasteiger partial charge in [-0.1, -0.05) is 22.6 Å². The van der Waals surface area contributed by atoms with Crippen molar-refractivity contribution in [2.75, 3.05) is 50.3 Å². The van der Waals surface area contributed by atoms with Crippen molar-refractivity contribution in [2.45, 2.75) is 25.7 Å². The van der Waals surface area contributed by atoms with Gasteiger partial charge in [-0.2, -0.15) is 0 Å². The topological polar surface area (TPSA) is 26.7 Å². The predicted molar refractivity (Wildman–Crippen MR) is 79.4 cm³/mol. The summed E-state index contributed by atoms with van der Waals surface area (Å²) in [7, 11) is 0. The molecular formula is C12H27I2N2O-. The Morgan fingerprint density at radius 1 is 0.882 bits per heavy atom. The fraction of sp³-hybridized carbons (Fsp3) is 1.00. The van der Waals surface area contributed by atoms with Gasteiger partial charge < -0.3 is 38.9 Å². The molecule has 106 valence electrons. The van der Waals surface area contributed by atoms with E-state index in [0.29, 0.717) is 6.61 Å². The fourth-order valence-electron chi connectivity index (χ4n) is 2.27. The predicted octanol–water partition coefficient (Wildman–Crippen LogP) is -1.16. The Bertz CT molecular complexity index is 148. The summed E-state index contributed by atoms with van der Waals surface area (Å²) >= 11 is 2.44. The van der Waals surface area contributed by atoms with Crippen LogP contribution in [0.4, 0.5) is 0 Å². The third kappa shape index (κ3) is 8.96. The number of likely N-dealkylation sites (tertiary alicyclic amines) is 2. The molecule has 0 aromatic rings. The number of hydrogen-bond acceptors (Lipinski definition) is 3. The van der Waals surface area contributed by atoms with Crippen LogP contribution in [0.15, 0.2) is 0 Å². The quantitative estimate of drug-likeness (QED) is 0.416. The number of aliphatic hydroxyl groups is 1. The van der Waals surface area contributed by atoms with Gasteiger partial charge in [-0.3, -0.25) is 0 Å². The zero-order valence-corrected chi connectivity index (χ0v) is 14.9. The third-order valence-corrected chi connectivity index (χ3v) is 3.70. The van der Waals surface area contributed by atoms with Gasteiger partial charge >= 0.3 is 0 Å². The van der Waals surface area contributed by atoms with E-state index in [-0.39, 0.29) is 25.4 Å². The Morgan fingerprint density at radius 3 is 1.65 bits per heavy atom. The maximum absolute atomic E-state index is 8.48. The van der Waals surface area contributed by atoms with Gasteiger partial charge in [0.2, 0.25) is 0 Å². The Balaban J connectivity index is 0.